The van der Waals surface area contributed by atoms with E-state index >= 15 is 0 Å². The molecule has 1 amide bonds. The molecule has 1 aromatic carbocycles. The highest BCUT2D eigenvalue weighted by molar-refractivity contribution is 7.11. The van der Waals surface area contributed by atoms with Crippen molar-refractivity contribution >= 4 is 28.7 Å². The van der Waals surface area contributed by atoms with Gasteiger partial charge in [0, 0.05) is 36.3 Å². The molecule has 6 heteroatoms. The summed E-state index contributed by atoms with van der Waals surface area (Å²) in [4.78, 5) is 25.2. The average Bonchev–Trinajstić information content (AvgIpc) is 3.24. The first-order valence-corrected chi connectivity index (χ1v) is 9.96. The Balaban J connectivity index is 1.50. The van der Waals surface area contributed by atoms with E-state index in [2.05, 4.69) is 21.4 Å². The summed E-state index contributed by atoms with van der Waals surface area (Å²) in [6, 6.07) is 11.8. The van der Waals surface area contributed by atoms with E-state index < -0.39 is 0 Å². The van der Waals surface area contributed by atoms with Gasteiger partial charge in [0.1, 0.15) is 5.82 Å². The molecule has 0 fully saturated rings. The molecule has 1 N–H and O–H groups in total. The van der Waals surface area contributed by atoms with E-state index in [0.717, 1.165) is 35.8 Å². The molecule has 0 saturated carbocycles. The van der Waals surface area contributed by atoms with Gasteiger partial charge in [-0.25, -0.2) is 9.97 Å². The third-order valence-electron chi connectivity index (χ3n) is 4.81. The fourth-order valence-electron chi connectivity index (χ4n) is 3.51. The van der Waals surface area contributed by atoms with Crippen LogP contribution in [-0.2, 0) is 12.8 Å². The summed E-state index contributed by atoms with van der Waals surface area (Å²) < 4.78 is 0. The van der Waals surface area contributed by atoms with E-state index in [1.165, 1.54) is 10.4 Å². The Hall–Kier alpha value is -2.73. The summed E-state index contributed by atoms with van der Waals surface area (Å²) in [7, 11) is 0. The van der Waals surface area contributed by atoms with Crippen LogP contribution < -0.4 is 10.2 Å². The first-order valence-electron chi connectivity index (χ1n) is 9.15. The molecule has 3 heterocycles. The van der Waals surface area contributed by atoms with Crippen molar-refractivity contribution in [1.82, 2.24) is 9.97 Å². The maximum Gasteiger partial charge on any atom is 0.262 e. The maximum atomic E-state index is 13.2. The Kier molecular flexibility index (Phi) is 4.90. The molecular weight excluding hydrogens is 356 g/mol. The van der Waals surface area contributed by atoms with E-state index in [9.17, 15) is 4.79 Å². The number of carbonyl (C=O) groups is 1. The molecule has 138 valence electrons. The molecule has 3 aromatic rings. The molecule has 1 aliphatic rings. The highest BCUT2D eigenvalue weighted by atomic mass is 32.1. The van der Waals surface area contributed by atoms with E-state index in [4.69, 9.17) is 0 Å². The molecule has 0 spiro atoms. The minimum atomic E-state index is 0.000338. The van der Waals surface area contributed by atoms with Crippen LogP contribution in [-0.4, -0.2) is 29.0 Å². The van der Waals surface area contributed by atoms with Gasteiger partial charge in [-0.1, -0.05) is 18.2 Å². The Morgan fingerprint density at radius 2 is 2.07 bits per heavy atom. The van der Waals surface area contributed by atoms with Gasteiger partial charge in [-0.15, -0.1) is 11.3 Å². The predicted molar refractivity (Wildman–Crippen MR) is 110 cm³/mol. The molecule has 2 aromatic heterocycles. The van der Waals surface area contributed by atoms with E-state index in [-0.39, 0.29) is 5.91 Å². The molecule has 0 unspecified atom stereocenters. The zero-order valence-electron chi connectivity index (χ0n) is 15.5. The number of nitrogens with zero attached hydrogens (tertiary/aromatic N) is 3. The van der Waals surface area contributed by atoms with Crippen molar-refractivity contribution in [2.24, 2.45) is 0 Å². The van der Waals surface area contributed by atoms with Crippen molar-refractivity contribution in [3.05, 3.63) is 69.3 Å². The van der Waals surface area contributed by atoms with Crippen LogP contribution in [0.1, 0.15) is 31.5 Å². The molecule has 0 radical (unpaired) electrons. The van der Waals surface area contributed by atoms with Crippen LogP contribution in [0.2, 0.25) is 0 Å². The molecule has 0 bridgehead atoms. The lowest BCUT2D eigenvalue weighted by atomic mass is 10.1. The Bertz CT molecular complexity index is 982. The first kappa shape index (κ1) is 17.7. The van der Waals surface area contributed by atoms with Crippen LogP contribution >= 0.6 is 11.3 Å². The standard InChI is InChI=1S/C21H22N4OS/c1-14-19(27-15(2)24-14)9-12-23-20-17(7-5-11-22-20)21(26)25-13-10-16-6-3-4-8-18(16)25/h3-8,11H,9-10,12-13H2,1-2H3,(H,22,23). The number of amides is 1. The highest BCUT2D eigenvalue weighted by Gasteiger charge is 2.26. The molecule has 5 nitrogen and oxygen atoms in total. The van der Waals surface area contributed by atoms with Gasteiger partial charge >= 0.3 is 0 Å². The molecule has 4 rings (SSSR count). The van der Waals surface area contributed by atoms with Gasteiger partial charge in [0.2, 0.25) is 0 Å². The van der Waals surface area contributed by atoms with Gasteiger partial charge in [0.15, 0.2) is 0 Å². The van der Waals surface area contributed by atoms with E-state index in [0.29, 0.717) is 17.9 Å². The number of aryl methyl sites for hydroxylation is 2. The van der Waals surface area contributed by atoms with Crippen molar-refractivity contribution in [3.63, 3.8) is 0 Å². The number of carbonyl (C=O) groups excluding carboxylic acids is 1. The topological polar surface area (TPSA) is 58.1 Å². The quantitative estimate of drug-likeness (QED) is 0.729. The second kappa shape index (κ2) is 7.48. The fraction of sp³-hybridized carbons (Fsp3) is 0.286. The predicted octanol–water partition coefficient (Wildman–Crippen LogP) is 4.01. The summed E-state index contributed by atoms with van der Waals surface area (Å²) in [5.41, 5.74) is 3.94. The van der Waals surface area contributed by atoms with Crippen molar-refractivity contribution in [2.75, 3.05) is 23.3 Å². The van der Waals surface area contributed by atoms with Crippen LogP contribution in [0.25, 0.3) is 0 Å². The summed E-state index contributed by atoms with van der Waals surface area (Å²) in [5.74, 6) is 0.645. The number of rotatable bonds is 5. The number of benzene rings is 1. The van der Waals surface area contributed by atoms with Crippen LogP contribution in [0.3, 0.4) is 0 Å². The third kappa shape index (κ3) is 3.57. The summed E-state index contributed by atoms with van der Waals surface area (Å²) in [5, 5.41) is 4.43. The summed E-state index contributed by atoms with van der Waals surface area (Å²) >= 11 is 1.73. The molecule has 0 saturated heterocycles. The number of anilines is 2. The van der Waals surface area contributed by atoms with Crippen molar-refractivity contribution in [3.8, 4) is 0 Å². The van der Waals surface area contributed by atoms with Crippen molar-refractivity contribution in [2.45, 2.75) is 26.7 Å². The monoisotopic (exact) mass is 378 g/mol. The van der Waals surface area contributed by atoms with Crippen LogP contribution in [0.15, 0.2) is 42.6 Å². The lowest BCUT2D eigenvalue weighted by molar-refractivity contribution is 0.0990. The molecular formula is C21H22N4OS. The highest BCUT2D eigenvalue weighted by Crippen LogP contribution is 2.30. The SMILES string of the molecule is Cc1nc(C)c(CCNc2ncccc2C(=O)N2CCc3ccccc32)s1. The van der Waals surface area contributed by atoms with Gasteiger partial charge in [-0.05, 0) is 44.0 Å². The number of hydrogen-bond donors (Lipinski definition) is 1. The minimum Gasteiger partial charge on any atom is -0.369 e. The molecule has 27 heavy (non-hydrogen) atoms. The summed E-state index contributed by atoms with van der Waals surface area (Å²) in [6.45, 7) is 5.50. The number of aromatic nitrogens is 2. The Morgan fingerprint density at radius 3 is 2.89 bits per heavy atom. The number of nitrogens with one attached hydrogen (secondary N) is 1. The molecule has 0 aliphatic carbocycles. The van der Waals surface area contributed by atoms with Crippen molar-refractivity contribution < 1.29 is 4.79 Å². The normalized spacial score (nSPS) is 12.9. The zero-order valence-corrected chi connectivity index (χ0v) is 16.3. The van der Waals surface area contributed by atoms with E-state index in [1.807, 2.05) is 49.1 Å². The maximum absolute atomic E-state index is 13.2. The number of para-hydroxylation sites is 1. The van der Waals surface area contributed by atoms with Gasteiger partial charge in [0.25, 0.3) is 5.91 Å². The Morgan fingerprint density at radius 1 is 1.22 bits per heavy atom. The number of pyridine rings is 1. The third-order valence-corrected chi connectivity index (χ3v) is 5.95. The second-order valence-electron chi connectivity index (χ2n) is 6.65. The first-order chi connectivity index (χ1) is 13.1. The zero-order chi connectivity index (χ0) is 18.8. The van der Waals surface area contributed by atoms with Crippen LogP contribution in [0, 0.1) is 13.8 Å². The number of fused-ring (bicyclic) bond motifs is 1. The van der Waals surface area contributed by atoms with Gasteiger partial charge in [0.05, 0.1) is 16.3 Å². The fourth-order valence-corrected chi connectivity index (χ4v) is 4.45. The molecule has 1 aliphatic heterocycles. The minimum absolute atomic E-state index is 0.000338. The summed E-state index contributed by atoms with van der Waals surface area (Å²) in [6.07, 6.45) is 3.49. The second-order valence-corrected chi connectivity index (χ2v) is 7.94. The largest absolute Gasteiger partial charge is 0.369 e. The number of thiazole rings is 1. The Labute approximate surface area is 163 Å². The lowest BCUT2D eigenvalue weighted by Crippen LogP contribution is -2.30. The van der Waals surface area contributed by atoms with Crippen molar-refractivity contribution in [1.29, 1.82) is 0 Å². The average molecular weight is 379 g/mol. The van der Waals surface area contributed by atoms with Crippen LogP contribution in [0.4, 0.5) is 11.5 Å². The van der Waals surface area contributed by atoms with Gasteiger partial charge < -0.3 is 10.2 Å². The molecule has 0 atom stereocenters. The van der Waals surface area contributed by atoms with E-state index in [1.54, 1.807) is 17.5 Å². The number of hydrogen-bond acceptors (Lipinski definition) is 5. The van der Waals surface area contributed by atoms with Crippen LogP contribution in [0.5, 0.6) is 0 Å². The van der Waals surface area contributed by atoms with Gasteiger partial charge in [-0.2, -0.15) is 0 Å². The van der Waals surface area contributed by atoms with Gasteiger partial charge in [-0.3, -0.25) is 4.79 Å². The lowest BCUT2D eigenvalue weighted by Gasteiger charge is -2.19. The smallest absolute Gasteiger partial charge is 0.262 e.